The fraction of sp³-hybridized carbons (Fsp3) is 0.273. The average Bonchev–Trinajstić information content (AvgIpc) is 2.73. The summed E-state index contributed by atoms with van der Waals surface area (Å²) in [6.45, 7) is 2.14. The standard InChI is InChI=1S/C11H10Cl2FN3O2S/c1-2-5-17-10(15-16-11(17)20(13,18)19)8-4-3-7(12)6-9(8)14/h3-4,6H,2,5H2,1H3. The molecular formula is C11H10Cl2FN3O2S. The Morgan fingerprint density at radius 2 is 2.05 bits per heavy atom. The van der Waals surface area contributed by atoms with E-state index in [1.54, 1.807) is 0 Å². The van der Waals surface area contributed by atoms with Crippen LogP contribution in [0.5, 0.6) is 0 Å². The van der Waals surface area contributed by atoms with Gasteiger partial charge >= 0.3 is 0 Å². The van der Waals surface area contributed by atoms with E-state index in [-0.39, 0.29) is 16.4 Å². The monoisotopic (exact) mass is 337 g/mol. The molecule has 0 atom stereocenters. The maximum absolute atomic E-state index is 13.9. The van der Waals surface area contributed by atoms with Gasteiger partial charge in [-0.05, 0) is 24.6 Å². The molecule has 1 heterocycles. The Morgan fingerprint density at radius 3 is 2.60 bits per heavy atom. The zero-order valence-corrected chi connectivity index (χ0v) is 12.7. The van der Waals surface area contributed by atoms with E-state index in [0.29, 0.717) is 13.0 Å². The highest BCUT2D eigenvalue weighted by atomic mass is 35.7. The molecule has 0 fully saturated rings. The summed E-state index contributed by atoms with van der Waals surface area (Å²) in [5.41, 5.74) is 0.113. The maximum atomic E-state index is 13.9. The Bertz CT molecular complexity index is 746. The predicted molar refractivity (Wildman–Crippen MR) is 73.8 cm³/mol. The van der Waals surface area contributed by atoms with E-state index in [1.807, 2.05) is 6.92 Å². The maximum Gasteiger partial charge on any atom is 0.296 e. The van der Waals surface area contributed by atoms with Crippen molar-refractivity contribution in [1.29, 1.82) is 0 Å². The number of nitrogens with zero attached hydrogens (tertiary/aromatic N) is 3. The summed E-state index contributed by atoms with van der Waals surface area (Å²) in [4.78, 5) is 0. The molecule has 0 radical (unpaired) electrons. The topological polar surface area (TPSA) is 64.8 Å². The van der Waals surface area contributed by atoms with Crippen molar-refractivity contribution in [3.63, 3.8) is 0 Å². The predicted octanol–water partition coefficient (Wildman–Crippen LogP) is 3.08. The molecule has 20 heavy (non-hydrogen) atoms. The molecule has 108 valence electrons. The third-order valence-corrected chi connectivity index (χ3v) is 3.94. The van der Waals surface area contributed by atoms with E-state index in [0.717, 1.165) is 6.07 Å². The van der Waals surface area contributed by atoms with Crippen molar-refractivity contribution in [1.82, 2.24) is 14.8 Å². The molecule has 0 aliphatic carbocycles. The van der Waals surface area contributed by atoms with E-state index in [4.69, 9.17) is 22.3 Å². The smallest absolute Gasteiger partial charge is 0.296 e. The Hall–Kier alpha value is -1.18. The third kappa shape index (κ3) is 2.94. The first-order valence-corrected chi connectivity index (χ1v) is 8.36. The van der Waals surface area contributed by atoms with Gasteiger partial charge < -0.3 is 0 Å². The molecule has 0 bridgehead atoms. The molecule has 9 heteroatoms. The van der Waals surface area contributed by atoms with Crippen LogP contribution in [-0.2, 0) is 15.6 Å². The van der Waals surface area contributed by atoms with Crippen molar-refractivity contribution >= 4 is 31.3 Å². The molecule has 0 saturated heterocycles. The number of aromatic nitrogens is 3. The fourth-order valence-corrected chi connectivity index (χ4v) is 2.84. The largest absolute Gasteiger partial charge is 0.297 e. The van der Waals surface area contributed by atoms with Gasteiger partial charge in [0.1, 0.15) is 5.82 Å². The summed E-state index contributed by atoms with van der Waals surface area (Å²) in [5, 5.41) is 7.10. The number of hydrogen-bond acceptors (Lipinski definition) is 4. The lowest BCUT2D eigenvalue weighted by molar-refractivity contribution is 0.568. The van der Waals surface area contributed by atoms with Crippen LogP contribution in [-0.4, -0.2) is 23.2 Å². The van der Waals surface area contributed by atoms with Gasteiger partial charge in [0.05, 0.1) is 5.56 Å². The van der Waals surface area contributed by atoms with Crippen molar-refractivity contribution in [2.24, 2.45) is 0 Å². The molecular weight excluding hydrogens is 328 g/mol. The molecule has 0 amide bonds. The van der Waals surface area contributed by atoms with Crippen LogP contribution in [0, 0.1) is 5.82 Å². The Labute approximate surface area is 124 Å². The van der Waals surface area contributed by atoms with Gasteiger partial charge in [0, 0.05) is 22.2 Å². The first-order chi connectivity index (χ1) is 9.34. The van der Waals surface area contributed by atoms with Crippen LogP contribution in [0.25, 0.3) is 11.4 Å². The van der Waals surface area contributed by atoms with Crippen molar-refractivity contribution in [2.45, 2.75) is 25.0 Å². The van der Waals surface area contributed by atoms with Gasteiger partial charge in [-0.3, -0.25) is 4.57 Å². The van der Waals surface area contributed by atoms with E-state index < -0.39 is 20.0 Å². The van der Waals surface area contributed by atoms with Gasteiger partial charge in [0.15, 0.2) is 5.82 Å². The highest BCUT2D eigenvalue weighted by molar-refractivity contribution is 8.13. The van der Waals surface area contributed by atoms with Crippen LogP contribution >= 0.6 is 22.3 Å². The molecule has 1 aromatic heterocycles. The quantitative estimate of drug-likeness (QED) is 0.804. The number of rotatable bonds is 4. The minimum Gasteiger partial charge on any atom is -0.297 e. The van der Waals surface area contributed by atoms with Crippen molar-refractivity contribution in [3.8, 4) is 11.4 Å². The summed E-state index contributed by atoms with van der Waals surface area (Å²) in [5.74, 6) is -0.513. The lowest BCUT2D eigenvalue weighted by atomic mass is 10.2. The number of benzene rings is 1. The zero-order chi connectivity index (χ0) is 14.9. The van der Waals surface area contributed by atoms with E-state index in [1.165, 1.54) is 16.7 Å². The second kappa shape index (κ2) is 5.67. The minimum atomic E-state index is -4.05. The SMILES string of the molecule is CCCn1c(-c2ccc(Cl)cc2F)nnc1S(=O)(=O)Cl. The molecule has 2 aromatic rings. The molecule has 1 aromatic carbocycles. The second-order valence-corrected chi connectivity index (χ2v) is 6.92. The van der Waals surface area contributed by atoms with Gasteiger partial charge in [-0.2, -0.15) is 0 Å². The molecule has 0 unspecified atom stereocenters. The fourth-order valence-electron chi connectivity index (χ4n) is 1.76. The van der Waals surface area contributed by atoms with Crippen molar-refractivity contribution < 1.29 is 12.8 Å². The summed E-state index contributed by atoms with van der Waals surface area (Å²) >= 11 is 5.68. The molecule has 0 spiro atoms. The summed E-state index contributed by atoms with van der Waals surface area (Å²) in [7, 11) is 1.25. The highest BCUT2D eigenvalue weighted by Crippen LogP contribution is 2.26. The molecule has 0 saturated carbocycles. The molecule has 0 N–H and O–H groups in total. The van der Waals surface area contributed by atoms with Crippen LogP contribution in [0.1, 0.15) is 13.3 Å². The molecule has 0 aliphatic heterocycles. The van der Waals surface area contributed by atoms with Crippen LogP contribution in [0.2, 0.25) is 5.02 Å². The van der Waals surface area contributed by atoms with Gasteiger partial charge in [-0.1, -0.05) is 18.5 Å². The normalized spacial score (nSPS) is 11.8. The zero-order valence-electron chi connectivity index (χ0n) is 10.3. The van der Waals surface area contributed by atoms with Crippen molar-refractivity contribution in [3.05, 3.63) is 29.0 Å². The van der Waals surface area contributed by atoms with Crippen LogP contribution in [0.15, 0.2) is 23.4 Å². The Kier molecular flexibility index (Phi) is 4.31. The van der Waals surface area contributed by atoms with E-state index in [9.17, 15) is 12.8 Å². The molecule has 5 nitrogen and oxygen atoms in total. The lowest BCUT2D eigenvalue weighted by Crippen LogP contribution is -2.08. The van der Waals surface area contributed by atoms with Crippen LogP contribution in [0.4, 0.5) is 4.39 Å². The van der Waals surface area contributed by atoms with E-state index >= 15 is 0 Å². The summed E-state index contributed by atoms with van der Waals surface area (Å²) in [6.07, 6.45) is 0.611. The highest BCUT2D eigenvalue weighted by Gasteiger charge is 2.24. The van der Waals surface area contributed by atoms with E-state index in [2.05, 4.69) is 10.2 Å². The average molecular weight is 338 g/mol. The van der Waals surface area contributed by atoms with Crippen LogP contribution < -0.4 is 0 Å². The lowest BCUT2D eigenvalue weighted by Gasteiger charge is -2.08. The Morgan fingerprint density at radius 1 is 1.35 bits per heavy atom. The first kappa shape index (κ1) is 15.2. The second-order valence-electron chi connectivity index (χ2n) is 4.02. The summed E-state index contributed by atoms with van der Waals surface area (Å²) < 4.78 is 38.1. The molecule has 0 aliphatic rings. The first-order valence-electron chi connectivity index (χ1n) is 5.68. The van der Waals surface area contributed by atoms with Gasteiger partial charge in [-0.15, -0.1) is 10.2 Å². The van der Waals surface area contributed by atoms with Gasteiger partial charge in [0.2, 0.25) is 0 Å². The molecule has 2 rings (SSSR count). The minimum absolute atomic E-state index is 0.0974. The van der Waals surface area contributed by atoms with Crippen LogP contribution in [0.3, 0.4) is 0 Å². The summed E-state index contributed by atoms with van der Waals surface area (Å²) in [6, 6.07) is 4.02. The number of hydrogen-bond donors (Lipinski definition) is 0. The third-order valence-electron chi connectivity index (χ3n) is 2.55. The Balaban J connectivity index is 2.66. The van der Waals surface area contributed by atoms with Gasteiger partial charge in [-0.25, -0.2) is 12.8 Å². The van der Waals surface area contributed by atoms with Gasteiger partial charge in [0.25, 0.3) is 14.2 Å². The van der Waals surface area contributed by atoms with Crippen molar-refractivity contribution in [2.75, 3.05) is 0 Å². The number of halogens is 3.